The van der Waals surface area contributed by atoms with Crippen molar-refractivity contribution in [3.63, 3.8) is 0 Å². The molecule has 220 valence electrons. The summed E-state index contributed by atoms with van der Waals surface area (Å²) in [4.78, 5) is 63.5. The first kappa shape index (κ1) is 29.4. The summed E-state index contributed by atoms with van der Waals surface area (Å²) >= 11 is 14.3. The Labute approximate surface area is 247 Å². The summed E-state index contributed by atoms with van der Waals surface area (Å²) in [7, 11) is 1.33. The van der Waals surface area contributed by atoms with Gasteiger partial charge in [-0.25, -0.2) is 0 Å². The lowest BCUT2D eigenvalue weighted by molar-refractivity contribution is -0.141. The number of rotatable bonds is 9. The highest BCUT2D eigenvalue weighted by molar-refractivity contribution is 6.53. The number of aromatic hydroxyl groups is 1. The second-order valence-electron chi connectivity index (χ2n) is 11.2. The second-order valence-corrected chi connectivity index (χ2v) is 12.4. The molecule has 4 aliphatic rings. The van der Waals surface area contributed by atoms with Gasteiger partial charge in [-0.15, -0.1) is 23.2 Å². The van der Waals surface area contributed by atoms with Crippen LogP contribution in [0.5, 0.6) is 11.5 Å². The summed E-state index contributed by atoms with van der Waals surface area (Å²) in [5, 5.41) is 19.2. The molecule has 2 N–H and O–H groups in total. The molecule has 1 aromatic carbocycles. The number of aliphatic carboxylic acids is 1. The molecular formula is C29H32Cl2N2O8. The maximum Gasteiger partial charge on any atom is 0.303 e. The van der Waals surface area contributed by atoms with Crippen LogP contribution in [0.1, 0.15) is 56.9 Å². The monoisotopic (exact) mass is 606 g/mol. The number of fused-ring (bicyclic) bond motifs is 4. The van der Waals surface area contributed by atoms with E-state index < -0.39 is 51.2 Å². The first-order valence-corrected chi connectivity index (χ1v) is 14.6. The van der Waals surface area contributed by atoms with E-state index in [1.165, 1.54) is 18.0 Å². The van der Waals surface area contributed by atoms with E-state index in [0.717, 1.165) is 4.90 Å². The molecule has 1 aromatic rings. The summed E-state index contributed by atoms with van der Waals surface area (Å²) < 4.78 is 5.58. The highest BCUT2D eigenvalue weighted by Crippen LogP contribution is 2.65. The Balaban J connectivity index is 1.54. The van der Waals surface area contributed by atoms with Crippen molar-refractivity contribution in [2.75, 3.05) is 20.2 Å². The Morgan fingerprint density at radius 2 is 1.80 bits per heavy atom. The number of phenolic OH excluding ortho intramolecular Hbond substituents is 1. The standard InChI is InChI=1S/C29H32Cl2N2O8/c1-3-41-20-13-15(8-11-19(20)34)23-16-9-10-17-22(25(38)33(24(17)37)12-6-4-5-7-21(35)36)18(16)14-28(30)26(39)32(2)27(40)29(23,28)31/h8-9,11,13,17-18,22-23,34H,3-7,10,12,14H2,1-2H3,(H,35,36). The highest BCUT2D eigenvalue weighted by Gasteiger charge is 2.75. The number of carboxylic acids is 1. The Morgan fingerprint density at radius 1 is 1.07 bits per heavy atom. The minimum Gasteiger partial charge on any atom is -0.504 e. The number of benzene rings is 1. The molecule has 12 heteroatoms. The molecule has 2 heterocycles. The minimum atomic E-state index is -1.91. The van der Waals surface area contributed by atoms with Crippen LogP contribution in [0.3, 0.4) is 0 Å². The van der Waals surface area contributed by atoms with E-state index in [4.69, 9.17) is 33.0 Å². The quantitative estimate of drug-likeness (QED) is 0.188. The van der Waals surface area contributed by atoms with Gasteiger partial charge in [-0.2, -0.15) is 0 Å². The van der Waals surface area contributed by atoms with Gasteiger partial charge in [-0.3, -0.25) is 33.8 Å². The number of halogens is 2. The molecule has 6 unspecified atom stereocenters. The molecule has 0 spiro atoms. The molecule has 2 saturated heterocycles. The number of alkyl halides is 2. The number of nitrogens with zero attached hydrogens (tertiary/aromatic N) is 2. The smallest absolute Gasteiger partial charge is 0.303 e. The van der Waals surface area contributed by atoms with Crippen LogP contribution in [0, 0.1) is 17.8 Å². The van der Waals surface area contributed by atoms with Crippen molar-refractivity contribution >= 4 is 52.8 Å². The largest absolute Gasteiger partial charge is 0.504 e. The van der Waals surface area contributed by atoms with Gasteiger partial charge in [0, 0.05) is 25.9 Å². The van der Waals surface area contributed by atoms with Crippen LogP contribution < -0.4 is 4.74 Å². The molecule has 6 atom stereocenters. The van der Waals surface area contributed by atoms with Crippen LogP contribution in [0.4, 0.5) is 0 Å². The molecule has 4 amide bonds. The Morgan fingerprint density at radius 3 is 2.49 bits per heavy atom. The van der Waals surface area contributed by atoms with E-state index in [2.05, 4.69) is 0 Å². The van der Waals surface area contributed by atoms with Gasteiger partial charge < -0.3 is 14.9 Å². The van der Waals surface area contributed by atoms with E-state index in [1.54, 1.807) is 19.1 Å². The number of amides is 4. The highest BCUT2D eigenvalue weighted by atomic mass is 35.5. The van der Waals surface area contributed by atoms with Crippen molar-refractivity contribution in [3.05, 3.63) is 35.4 Å². The number of phenols is 1. The molecule has 10 nitrogen and oxygen atoms in total. The lowest BCUT2D eigenvalue weighted by Crippen LogP contribution is -2.60. The molecule has 0 radical (unpaired) electrons. The zero-order chi connectivity index (χ0) is 29.9. The number of carbonyl (C=O) groups excluding carboxylic acids is 4. The zero-order valence-electron chi connectivity index (χ0n) is 22.8. The lowest BCUT2D eigenvalue weighted by Gasteiger charge is -2.50. The van der Waals surface area contributed by atoms with Crippen LogP contribution in [-0.2, 0) is 24.0 Å². The summed E-state index contributed by atoms with van der Waals surface area (Å²) in [6.07, 6.45) is 3.50. The maximum atomic E-state index is 13.8. The first-order valence-electron chi connectivity index (χ1n) is 13.8. The third-order valence-electron chi connectivity index (χ3n) is 8.99. The van der Waals surface area contributed by atoms with Crippen LogP contribution in [-0.4, -0.2) is 79.6 Å². The fourth-order valence-electron chi connectivity index (χ4n) is 7.11. The summed E-state index contributed by atoms with van der Waals surface area (Å²) in [5.74, 6) is -5.80. The van der Waals surface area contributed by atoms with Crippen LogP contribution in [0.2, 0.25) is 0 Å². The molecule has 41 heavy (non-hydrogen) atoms. The first-order chi connectivity index (χ1) is 19.4. The number of hydrogen-bond acceptors (Lipinski definition) is 7. The second kappa shape index (κ2) is 10.6. The van der Waals surface area contributed by atoms with Crippen LogP contribution >= 0.6 is 23.2 Å². The summed E-state index contributed by atoms with van der Waals surface area (Å²) in [6, 6.07) is 4.59. The van der Waals surface area contributed by atoms with Crippen molar-refractivity contribution in [2.24, 2.45) is 17.8 Å². The molecule has 5 rings (SSSR count). The SMILES string of the molecule is CCOc1cc(C2C3=CCC4C(=O)N(CCCCCC(=O)O)C(=O)C4C3CC3(Cl)C(=O)N(C)C(=O)C23Cl)ccc1O. The fourth-order valence-corrected chi connectivity index (χ4v) is 8.13. The topological polar surface area (TPSA) is 142 Å². The molecule has 0 bridgehead atoms. The van der Waals surface area contributed by atoms with Gasteiger partial charge in [0.25, 0.3) is 11.8 Å². The van der Waals surface area contributed by atoms with Crippen molar-refractivity contribution < 1.29 is 38.9 Å². The van der Waals surface area contributed by atoms with Crippen molar-refractivity contribution in [1.29, 1.82) is 0 Å². The van der Waals surface area contributed by atoms with E-state index in [-0.39, 0.29) is 55.7 Å². The van der Waals surface area contributed by atoms with Gasteiger partial charge >= 0.3 is 5.97 Å². The molecule has 0 aromatic heterocycles. The summed E-state index contributed by atoms with van der Waals surface area (Å²) in [6.45, 7) is 2.20. The number of allylic oxidation sites excluding steroid dienone is 2. The Hall–Kier alpha value is -3.11. The van der Waals surface area contributed by atoms with Crippen molar-refractivity contribution in [3.8, 4) is 11.5 Å². The van der Waals surface area contributed by atoms with Gasteiger partial charge in [0.15, 0.2) is 21.2 Å². The maximum absolute atomic E-state index is 13.8. The molecular weight excluding hydrogens is 575 g/mol. The molecule has 3 fully saturated rings. The number of unbranched alkanes of at least 4 members (excludes halogenated alkanes) is 2. The van der Waals surface area contributed by atoms with E-state index in [0.29, 0.717) is 30.4 Å². The van der Waals surface area contributed by atoms with Crippen molar-refractivity contribution in [2.45, 2.75) is 61.1 Å². The normalized spacial score (nSPS) is 32.5. The number of hydrogen-bond donors (Lipinski definition) is 2. The van der Waals surface area contributed by atoms with Gasteiger partial charge in [0.2, 0.25) is 11.8 Å². The summed E-state index contributed by atoms with van der Waals surface area (Å²) in [5.41, 5.74) is 1.15. The Kier molecular flexibility index (Phi) is 7.61. The van der Waals surface area contributed by atoms with Crippen LogP contribution in [0.15, 0.2) is 29.8 Å². The average molecular weight is 607 g/mol. The van der Waals surface area contributed by atoms with E-state index in [9.17, 15) is 29.1 Å². The third kappa shape index (κ3) is 4.33. The van der Waals surface area contributed by atoms with Crippen LogP contribution in [0.25, 0.3) is 0 Å². The fraction of sp³-hybridized carbons (Fsp3) is 0.552. The minimum absolute atomic E-state index is 0.0192. The van der Waals surface area contributed by atoms with Gasteiger partial charge in [-0.1, -0.05) is 24.1 Å². The molecule has 2 aliphatic heterocycles. The predicted molar refractivity (Wildman–Crippen MR) is 148 cm³/mol. The molecule has 2 aliphatic carbocycles. The lowest BCUT2D eigenvalue weighted by atomic mass is 9.56. The number of imide groups is 2. The number of ether oxygens (including phenoxy) is 1. The molecule has 1 saturated carbocycles. The predicted octanol–water partition coefficient (Wildman–Crippen LogP) is 3.42. The van der Waals surface area contributed by atoms with Gasteiger partial charge in [0.05, 0.1) is 18.4 Å². The number of carbonyl (C=O) groups is 5. The van der Waals surface area contributed by atoms with Gasteiger partial charge in [-0.05, 0) is 56.2 Å². The van der Waals surface area contributed by atoms with Gasteiger partial charge in [0.1, 0.15) is 0 Å². The number of carboxylic acid groups (broad SMARTS) is 1. The Bertz CT molecular complexity index is 1360. The van der Waals surface area contributed by atoms with E-state index in [1.807, 2.05) is 6.08 Å². The van der Waals surface area contributed by atoms with Crippen molar-refractivity contribution in [1.82, 2.24) is 9.80 Å². The average Bonchev–Trinajstić information content (AvgIpc) is 3.24. The zero-order valence-corrected chi connectivity index (χ0v) is 24.3. The van der Waals surface area contributed by atoms with E-state index >= 15 is 0 Å². The number of likely N-dealkylation sites (tertiary alicyclic amines) is 2. The third-order valence-corrected chi connectivity index (χ3v) is 10.4.